The van der Waals surface area contributed by atoms with Gasteiger partial charge < -0.3 is 23.7 Å². The molecular weight excluding hydrogens is 641 g/mol. The van der Waals surface area contributed by atoms with Crippen LogP contribution in [0.25, 0.3) is 0 Å². The quantitative estimate of drug-likeness (QED) is 0.0889. The van der Waals surface area contributed by atoms with Gasteiger partial charge in [-0.15, -0.1) is 5.54 Å². The molecule has 0 spiro atoms. The van der Waals surface area contributed by atoms with E-state index in [0.29, 0.717) is 5.56 Å². The second kappa shape index (κ2) is 16.1. The van der Waals surface area contributed by atoms with E-state index >= 15 is 0 Å². The van der Waals surface area contributed by atoms with Gasteiger partial charge in [-0.2, -0.15) is 0 Å². The Kier molecular flexibility index (Phi) is 11.4. The molecule has 0 saturated carbocycles. The van der Waals surface area contributed by atoms with Crippen LogP contribution in [0.4, 0.5) is 0 Å². The van der Waals surface area contributed by atoms with Crippen LogP contribution in [0.5, 0.6) is 0 Å². The van der Waals surface area contributed by atoms with Crippen molar-refractivity contribution in [2.45, 2.75) is 50.2 Å². The van der Waals surface area contributed by atoms with Gasteiger partial charge in [0.2, 0.25) is 0 Å². The maximum Gasteiger partial charge on any atom is 0.338 e. The molecule has 1 fully saturated rings. The molecule has 1 aliphatic rings. The van der Waals surface area contributed by atoms with Crippen LogP contribution in [0.2, 0.25) is 19.6 Å². The zero-order valence-corrected chi connectivity index (χ0v) is 28.3. The summed E-state index contributed by atoms with van der Waals surface area (Å²) in [5.41, 5.74) is 4.22. The molecule has 49 heavy (non-hydrogen) atoms. The van der Waals surface area contributed by atoms with E-state index in [9.17, 15) is 19.2 Å². The number of hydrogen-bond acceptors (Lipinski definition) is 9. The molecule has 0 amide bonds. The summed E-state index contributed by atoms with van der Waals surface area (Å²) in [7, 11) is -2.03. The van der Waals surface area contributed by atoms with E-state index in [4.69, 9.17) is 23.7 Å². The third-order valence-electron chi connectivity index (χ3n) is 7.37. The maximum absolute atomic E-state index is 13.6. The Morgan fingerprint density at radius 3 is 1.33 bits per heavy atom. The van der Waals surface area contributed by atoms with Crippen molar-refractivity contribution in [2.75, 3.05) is 6.61 Å². The van der Waals surface area contributed by atoms with Gasteiger partial charge in [0.05, 0.1) is 22.3 Å². The number of carbonyl (C=O) groups excluding carboxylic acids is 4. The summed E-state index contributed by atoms with van der Waals surface area (Å²) in [6.45, 7) is 5.70. The SMILES string of the molecule is C[Si](C)(C)C#C[C@H]1O[C@H](COC(=O)c2ccccc2)[C@@H](OC(=O)c2ccccc2)[C@H](OC(=O)c2ccccc2)[C@@H]1OC(=O)c1ccccc1. The van der Waals surface area contributed by atoms with Crippen molar-refractivity contribution < 1.29 is 42.9 Å². The fraction of sp³-hybridized carbons (Fsp3) is 0.231. The minimum absolute atomic E-state index is 0.215. The Hall–Kier alpha value is -5.50. The lowest BCUT2D eigenvalue weighted by atomic mass is 9.94. The first kappa shape index (κ1) is 34.8. The molecule has 0 aliphatic carbocycles. The molecule has 1 saturated heterocycles. The molecule has 0 unspecified atom stereocenters. The molecule has 9 nitrogen and oxygen atoms in total. The third-order valence-corrected chi connectivity index (χ3v) is 8.26. The molecule has 1 heterocycles. The smallest absolute Gasteiger partial charge is 0.338 e. The predicted octanol–water partition coefficient (Wildman–Crippen LogP) is 6.17. The first-order chi connectivity index (χ1) is 23.6. The number of carbonyl (C=O) groups is 4. The molecule has 1 aliphatic heterocycles. The van der Waals surface area contributed by atoms with Gasteiger partial charge in [0, 0.05) is 0 Å². The van der Waals surface area contributed by atoms with Crippen LogP contribution in [-0.4, -0.2) is 69.1 Å². The highest BCUT2D eigenvalue weighted by Gasteiger charge is 2.52. The first-order valence-corrected chi connectivity index (χ1v) is 19.3. The van der Waals surface area contributed by atoms with Crippen molar-refractivity contribution in [3.63, 3.8) is 0 Å². The molecule has 5 rings (SSSR count). The largest absolute Gasteiger partial charge is 0.459 e. The van der Waals surface area contributed by atoms with Gasteiger partial charge in [0.25, 0.3) is 0 Å². The fourth-order valence-corrected chi connectivity index (χ4v) is 5.55. The topological polar surface area (TPSA) is 114 Å². The van der Waals surface area contributed by atoms with E-state index in [1.54, 1.807) is 121 Å². The summed E-state index contributed by atoms with van der Waals surface area (Å²) in [6.07, 6.45) is -6.51. The van der Waals surface area contributed by atoms with Crippen molar-refractivity contribution in [1.82, 2.24) is 0 Å². The van der Waals surface area contributed by atoms with E-state index in [1.165, 1.54) is 0 Å². The van der Waals surface area contributed by atoms with Gasteiger partial charge in [-0.25, -0.2) is 19.2 Å². The van der Waals surface area contributed by atoms with Crippen molar-refractivity contribution in [3.8, 4) is 11.5 Å². The molecule has 0 aromatic heterocycles. The van der Waals surface area contributed by atoms with E-state index in [0.717, 1.165) is 0 Å². The molecule has 4 aromatic carbocycles. The lowest BCUT2D eigenvalue weighted by Gasteiger charge is -2.43. The van der Waals surface area contributed by atoms with E-state index < -0.39 is 69.1 Å². The van der Waals surface area contributed by atoms with Crippen LogP contribution in [-0.2, 0) is 23.7 Å². The first-order valence-electron chi connectivity index (χ1n) is 15.8. The van der Waals surface area contributed by atoms with Gasteiger partial charge in [-0.1, -0.05) is 98.4 Å². The van der Waals surface area contributed by atoms with Crippen molar-refractivity contribution in [1.29, 1.82) is 0 Å². The van der Waals surface area contributed by atoms with Crippen molar-refractivity contribution >= 4 is 32.0 Å². The Morgan fingerprint density at radius 2 is 0.918 bits per heavy atom. The second-order valence-electron chi connectivity index (χ2n) is 12.3. The average molecular weight is 677 g/mol. The summed E-state index contributed by atoms with van der Waals surface area (Å²) in [6, 6.07) is 33.1. The predicted molar refractivity (Wildman–Crippen MR) is 183 cm³/mol. The monoisotopic (exact) mass is 676 g/mol. The Balaban J connectivity index is 1.58. The van der Waals surface area contributed by atoms with Gasteiger partial charge in [0.1, 0.15) is 20.8 Å². The standard InChI is InChI=1S/C39H36O9Si/c1-49(2,3)25-24-31-33(46-37(41)28-18-10-5-11-19-28)35(48-39(43)30-22-14-7-15-23-30)34(47-38(42)29-20-12-6-13-21-29)32(45-31)26-44-36(40)27-16-8-4-9-17-27/h4-23,31-35H,26H2,1-3H3/t31-,32-,33-,34-,35-/m1/s1. The second-order valence-corrected chi connectivity index (χ2v) is 17.0. The molecule has 10 heteroatoms. The lowest BCUT2D eigenvalue weighted by Crippen LogP contribution is -2.62. The molecule has 5 atom stereocenters. The molecular formula is C39H36O9Si. The normalized spacial score (nSPS) is 20.1. The summed E-state index contributed by atoms with van der Waals surface area (Å²) in [5, 5.41) is 0. The third kappa shape index (κ3) is 9.53. The Labute approximate surface area is 286 Å². The summed E-state index contributed by atoms with van der Waals surface area (Å²) in [4.78, 5) is 53.7. The zero-order chi connectivity index (χ0) is 34.8. The summed E-state index contributed by atoms with van der Waals surface area (Å²) in [5.74, 6) is 0.226. The van der Waals surface area contributed by atoms with Crippen LogP contribution < -0.4 is 0 Å². The number of rotatable bonds is 9. The molecule has 250 valence electrons. The van der Waals surface area contributed by atoms with Crippen LogP contribution in [0, 0.1) is 11.5 Å². The van der Waals surface area contributed by atoms with Gasteiger partial charge in [0.15, 0.2) is 24.4 Å². The average Bonchev–Trinajstić information content (AvgIpc) is 3.12. The van der Waals surface area contributed by atoms with Gasteiger partial charge >= 0.3 is 23.9 Å². The lowest BCUT2D eigenvalue weighted by molar-refractivity contribution is -0.215. The fourth-order valence-electron chi connectivity index (χ4n) is 4.97. The van der Waals surface area contributed by atoms with Crippen LogP contribution in [0.15, 0.2) is 121 Å². The molecule has 4 aromatic rings. The van der Waals surface area contributed by atoms with Crippen molar-refractivity contribution in [3.05, 3.63) is 144 Å². The van der Waals surface area contributed by atoms with E-state index in [1.807, 2.05) is 19.6 Å². The van der Waals surface area contributed by atoms with Crippen LogP contribution in [0.3, 0.4) is 0 Å². The highest BCUT2D eigenvalue weighted by Crippen LogP contribution is 2.31. The van der Waals surface area contributed by atoms with Crippen molar-refractivity contribution in [2.24, 2.45) is 0 Å². The number of benzene rings is 4. The van der Waals surface area contributed by atoms with E-state index in [-0.39, 0.29) is 16.7 Å². The summed E-state index contributed by atoms with van der Waals surface area (Å²) < 4.78 is 30.2. The van der Waals surface area contributed by atoms with Crippen LogP contribution >= 0.6 is 0 Å². The molecule has 0 bridgehead atoms. The number of esters is 4. The maximum atomic E-state index is 13.6. The van der Waals surface area contributed by atoms with Gasteiger partial charge in [-0.05, 0) is 48.5 Å². The minimum Gasteiger partial charge on any atom is -0.459 e. The summed E-state index contributed by atoms with van der Waals surface area (Å²) >= 11 is 0. The Morgan fingerprint density at radius 1 is 0.551 bits per heavy atom. The van der Waals surface area contributed by atoms with Crippen LogP contribution in [0.1, 0.15) is 41.4 Å². The highest BCUT2D eigenvalue weighted by atomic mass is 28.3. The molecule has 0 N–H and O–H groups in total. The Bertz CT molecular complexity index is 1800. The zero-order valence-electron chi connectivity index (χ0n) is 27.3. The highest BCUT2D eigenvalue weighted by molar-refractivity contribution is 6.83. The van der Waals surface area contributed by atoms with E-state index in [2.05, 4.69) is 11.5 Å². The van der Waals surface area contributed by atoms with Gasteiger partial charge in [-0.3, -0.25) is 0 Å². The molecule has 0 radical (unpaired) electrons. The number of ether oxygens (including phenoxy) is 5. The number of hydrogen-bond donors (Lipinski definition) is 0. The minimum atomic E-state index is -2.03.